The molecule has 1 unspecified atom stereocenters. The lowest BCUT2D eigenvalue weighted by Gasteiger charge is -2.33. The van der Waals surface area contributed by atoms with Crippen LogP contribution >= 0.6 is 0 Å². The predicted molar refractivity (Wildman–Crippen MR) is 68.6 cm³/mol. The maximum absolute atomic E-state index is 13.7. The van der Waals surface area contributed by atoms with Crippen LogP contribution in [0.25, 0.3) is 0 Å². The van der Waals surface area contributed by atoms with Crippen LogP contribution < -0.4 is 0 Å². The van der Waals surface area contributed by atoms with Crippen molar-refractivity contribution in [3.63, 3.8) is 0 Å². The molecule has 1 aromatic rings. The summed E-state index contributed by atoms with van der Waals surface area (Å²) >= 11 is 0. The van der Waals surface area contributed by atoms with Gasteiger partial charge in [0.05, 0.1) is 6.04 Å². The van der Waals surface area contributed by atoms with Gasteiger partial charge in [0.1, 0.15) is 22.3 Å². The minimum atomic E-state index is -4.21. The normalized spacial score (nSPS) is 20.9. The SMILES string of the molecule is CC(=O)C1CCCCN1S(=O)(=O)c1cc(F)ccc1F. The summed E-state index contributed by atoms with van der Waals surface area (Å²) in [6.07, 6.45) is 1.74. The lowest BCUT2D eigenvalue weighted by Crippen LogP contribution is -2.47. The lowest BCUT2D eigenvalue weighted by molar-refractivity contribution is -0.121. The number of benzene rings is 1. The van der Waals surface area contributed by atoms with Crippen molar-refractivity contribution >= 4 is 15.8 Å². The van der Waals surface area contributed by atoms with Crippen molar-refractivity contribution in [2.75, 3.05) is 6.54 Å². The minimum Gasteiger partial charge on any atom is -0.298 e. The van der Waals surface area contributed by atoms with E-state index in [0.29, 0.717) is 18.9 Å². The molecule has 1 atom stereocenters. The Kier molecular flexibility index (Phi) is 4.19. The van der Waals surface area contributed by atoms with Gasteiger partial charge in [-0.05, 0) is 38.0 Å². The Morgan fingerprint density at radius 2 is 2.00 bits per heavy atom. The number of hydrogen-bond donors (Lipinski definition) is 0. The number of sulfonamides is 1. The molecule has 0 saturated carbocycles. The van der Waals surface area contributed by atoms with E-state index in [4.69, 9.17) is 0 Å². The predicted octanol–water partition coefficient (Wildman–Crippen LogP) is 2.10. The van der Waals surface area contributed by atoms with Gasteiger partial charge >= 0.3 is 0 Å². The van der Waals surface area contributed by atoms with E-state index in [1.165, 1.54) is 6.92 Å². The molecule has 0 N–H and O–H groups in total. The Bertz CT molecular complexity index is 631. The second kappa shape index (κ2) is 5.57. The van der Waals surface area contributed by atoms with Gasteiger partial charge in [0, 0.05) is 6.54 Å². The van der Waals surface area contributed by atoms with Crippen LogP contribution in [0.1, 0.15) is 26.2 Å². The van der Waals surface area contributed by atoms with E-state index in [-0.39, 0.29) is 12.3 Å². The van der Waals surface area contributed by atoms with Crippen LogP contribution in [0.3, 0.4) is 0 Å². The largest absolute Gasteiger partial charge is 0.298 e. The number of carbonyl (C=O) groups is 1. The number of ketones is 1. The molecule has 1 saturated heterocycles. The molecule has 7 heteroatoms. The van der Waals surface area contributed by atoms with Crippen molar-refractivity contribution < 1.29 is 22.0 Å². The Hall–Kier alpha value is -1.34. The maximum atomic E-state index is 13.7. The quantitative estimate of drug-likeness (QED) is 0.859. The van der Waals surface area contributed by atoms with Gasteiger partial charge in [-0.2, -0.15) is 4.31 Å². The second-order valence-electron chi connectivity index (χ2n) is 4.81. The molecule has 1 aliphatic heterocycles. The first-order chi connectivity index (χ1) is 9.34. The molecule has 1 heterocycles. The monoisotopic (exact) mass is 303 g/mol. The first-order valence-electron chi connectivity index (χ1n) is 6.31. The fraction of sp³-hybridized carbons (Fsp3) is 0.462. The molecule has 4 nitrogen and oxygen atoms in total. The van der Waals surface area contributed by atoms with Crippen LogP contribution in [0.5, 0.6) is 0 Å². The van der Waals surface area contributed by atoms with Gasteiger partial charge in [-0.1, -0.05) is 6.42 Å². The van der Waals surface area contributed by atoms with E-state index >= 15 is 0 Å². The highest BCUT2D eigenvalue weighted by Crippen LogP contribution is 2.27. The zero-order valence-corrected chi connectivity index (χ0v) is 11.8. The smallest absolute Gasteiger partial charge is 0.246 e. The second-order valence-corrected chi connectivity index (χ2v) is 6.67. The molecule has 0 aliphatic carbocycles. The van der Waals surface area contributed by atoms with Crippen molar-refractivity contribution in [1.29, 1.82) is 0 Å². The Balaban J connectivity index is 2.47. The molecule has 0 radical (unpaired) electrons. The molecule has 1 aromatic carbocycles. The first-order valence-corrected chi connectivity index (χ1v) is 7.75. The van der Waals surface area contributed by atoms with E-state index in [2.05, 4.69) is 0 Å². The van der Waals surface area contributed by atoms with E-state index in [9.17, 15) is 22.0 Å². The van der Waals surface area contributed by atoms with Gasteiger partial charge in [-0.15, -0.1) is 0 Å². The van der Waals surface area contributed by atoms with Crippen molar-refractivity contribution in [3.8, 4) is 0 Å². The van der Waals surface area contributed by atoms with Crippen LogP contribution in [0, 0.1) is 11.6 Å². The average molecular weight is 303 g/mol. The highest BCUT2D eigenvalue weighted by atomic mass is 32.2. The van der Waals surface area contributed by atoms with E-state index in [1.54, 1.807) is 0 Å². The molecular formula is C13H15F2NO3S. The molecule has 1 aliphatic rings. The van der Waals surface area contributed by atoms with Crippen LogP contribution in [0.15, 0.2) is 23.1 Å². The summed E-state index contributed by atoms with van der Waals surface area (Å²) in [5, 5.41) is 0. The minimum absolute atomic E-state index is 0.141. The molecule has 0 bridgehead atoms. The summed E-state index contributed by atoms with van der Waals surface area (Å²) < 4.78 is 52.7. The standard InChI is InChI=1S/C13H15F2NO3S/c1-9(17)12-4-2-3-7-16(12)20(18,19)13-8-10(14)5-6-11(13)15/h5-6,8,12H,2-4,7H2,1H3. The number of hydrogen-bond acceptors (Lipinski definition) is 3. The summed E-state index contributed by atoms with van der Waals surface area (Å²) in [4.78, 5) is 10.8. The molecule has 1 fully saturated rings. The van der Waals surface area contributed by atoms with Crippen LogP contribution in [0.4, 0.5) is 8.78 Å². The molecule has 0 amide bonds. The Morgan fingerprint density at radius 3 is 2.65 bits per heavy atom. The van der Waals surface area contributed by atoms with E-state index < -0.39 is 32.6 Å². The molecule has 2 rings (SSSR count). The number of Topliss-reactive ketones (excluding diaryl/α,β-unsaturated/α-hetero) is 1. The summed E-state index contributed by atoms with van der Waals surface area (Å²) in [6, 6.07) is 1.48. The third kappa shape index (κ3) is 2.73. The molecular weight excluding hydrogens is 288 g/mol. The molecule has 0 aromatic heterocycles. The summed E-state index contributed by atoms with van der Waals surface area (Å²) in [5.41, 5.74) is 0. The van der Waals surface area contributed by atoms with Crippen molar-refractivity contribution in [3.05, 3.63) is 29.8 Å². The average Bonchev–Trinajstić information content (AvgIpc) is 2.41. The maximum Gasteiger partial charge on any atom is 0.246 e. The number of nitrogens with zero attached hydrogens (tertiary/aromatic N) is 1. The Labute approximate surface area is 116 Å². The first kappa shape index (κ1) is 15.1. The van der Waals surface area contributed by atoms with Crippen LogP contribution in [-0.2, 0) is 14.8 Å². The van der Waals surface area contributed by atoms with E-state index in [1.807, 2.05) is 0 Å². The Morgan fingerprint density at radius 1 is 1.30 bits per heavy atom. The van der Waals surface area contributed by atoms with Crippen LogP contribution in [0.2, 0.25) is 0 Å². The van der Waals surface area contributed by atoms with Gasteiger partial charge in [-0.3, -0.25) is 4.79 Å². The third-order valence-corrected chi connectivity index (χ3v) is 5.33. The van der Waals surface area contributed by atoms with Gasteiger partial charge in [0.2, 0.25) is 10.0 Å². The molecule has 20 heavy (non-hydrogen) atoms. The number of carbonyl (C=O) groups excluding carboxylic acids is 1. The number of rotatable bonds is 3. The van der Waals surface area contributed by atoms with Crippen molar-refractivity contribution in [2.24, 2.45) is 0 Å². The summed E-state index contributed by atoms with van der Waals surface area (Å²) in [6.45, 7) is 1.45. The topological polar surface area (TPSA) is 54.5 Å². The highest BCUT2D eigenvalue weighted by Gasteiger charge is 2.37. The lowest BCUT2D eigenvalue weighted by atomic mass is 10.0. The third-order valence-electron chi connectivity index (χ3n) is 3.40. The highest BCUT2D eigenvalue weighted by molar-refractivity contribution is 7.89. The zero-order chi connectivity index (χ0) is 14.9. The summed E-state index contributed by atoms with van der Waals surface area (Å²) in [5.74, 6) is -2.13. The van der Waals surface area contributed by atoms with Gasteiger partial charge in [-0.25, -0.2) is 17.2 Å². The van der Waals surface area contributed by atoms with Gasteiger partial charge < -0.3 is 0 Å². The van der Waals surface area contributed by atoms with Gasteiger partial charge in [0.15, 0.2) is 0 Å². The van der Waals surface area contributed by atoms with Gasteiger partial charge in [0.25, 0.3) is 0 Å². The zero-order valence-electron chi connectivity index (χ0n) is 11.0. The van der Waals surface area contributed by atoms with Crippen molar-refractivity contribution in [1.82, 2.24) is 4.31 Å². The number of halogens is 2. The van der Waals surface area contributed by atoms with Crippen molar-refractivity contribution in [2.45, 2.75) is 37.1 Å². The fourth-order valence-corrected chi connectivity index (χ4v) is 4.19. The fourth-order valence-electron chi connectivity index (χ4n) is 2.40. The molecule has 0 spiro atoms. The summed E-state index contributed by atoms with van der Waals surface area (Å²) in [7, 11) is -4.21. The molecule has 110 valence electrons. The number of piperidine rings is 1. The van der Waals surface area contributed by atoms with Crippen LogP contribution in [-0.4, -0.2) is 31.1 Å². The van der Waals surface area contributed by atoms with E-state index in [0.717, 1.165) is 22.9 Å².